The van der Waals surface area contributed by atoms with E-state index in [4.69, 9.17) is 0 Å². The molecule has 1 atom stereocenters. The number of aromatic amines is 1. The van der Waals surface area contributed by atoms with Crippen molar-refractivity contribution < 1.29 is 4.21 Å². The van der Waals surface area contributed by atoms with Crippen LogP contribution in [-0.2, 0) is 11.0 Å². The molecule has 0 bridgehead atoms. The Labute approximate surface area is 77.9 Å². The van der Waals surface area contributed by atoms with Gasteiger partial charge in [0.2, 0.25) is 0 Å². The monoisotopic (exact) mass is 195 g/mol. The lowest BCUT2D eigenvalue weighted by atomic mass is 10.2. The van der Waals surface area contributed by atoms with Crippen LogP contribution in [0.3, 0.4) is 0 Å². The van der Waals surface area contributed by atoms with Crippen molar-refractivity contribution >= 4 is 27.7 Å². The highest BCUT2D eigenvalue weighted by Crippen LogP contribution is 2.19. The fourth-order valence-corrected chi connectivity index (χ4v) is 1.61. The van der Waals surface area contributed by atoms with Gasteiger partial charge >= 0.3 is 0 Å². The molecule has 1 unspecified atom stereocenters. The first-order valence-electron chi connectivity index (χ1n) is 3.80. The first kappa shape index (κ1) is 8.25. The molecule has 0 spiro atoms. The minimum atomic E-state index is -1.08. The third-order valence-corrected chi connectivity index (χ3v) is 2.19. The Morgan fingerprint density at radius 3 is 3.00 bits per heavy atom. The Bertz CT molecular complexity index is 451. The third-order valence-electron chi connectivity index (χ3n) is 1.71. The number of nitrogens with zero attached hydrogens (tertiary/aromatic N) is 1. The van der Waals surface area contributed by atoms with Gasteiger partial charge in [0.15, 0.2) is 5.82 Å². The van der Waals surface area contributed by atoms with Gasteiger partial charge in [0, 0.05) is 11.6 Å². The molecular formula is C8H9N3OS. The molecule has 13 heavy (non-hydrogen) atoms. The van der Waals surface area contributed by atoms with Crippen LogP contribution < -0.4 is 4.72 Å². The minimum Gasteiger partial charge on any atom is -0.288 e. The van der Waals surface area contributed by atoms with E-state index in [9.17, 15) is 4.21 Å². The summed E-state index contributed by atoms with van der Waals surface area (Å²) in [6.45, 7) is 0. The van der Waals surface area contributed by atoms with E-state index in [1.54, 1.807) is 6.26 Å². The number of fused-ring (bicyclic) bond motifs is 1. The van der Waals surface area contributed by atoms with Gasteiger partial charge in [-0.3, -0.25) is 9.82 Å². The third kappa shape index (κ3) is 1.55. The van der Waals surface area contributed by atoms with Crippen LogP contribution in [0, 0.1) is 0 Å². The van der Waals surface area contributed by atoms with Crippen molar-refractivity contribution in [1.29, 1.82) is 0 Å². The molecule has 1 heterocycles. The summed E-state index contributed by atoms with van der Waals surface area (Å²) in [6.07, 6.45) is 1.57. The van der Waals surface area contributed by atoms with Crippen molar-refractivity contribution in [3.05, 3.63) is 24.3 Å². The molecule has 0 aliphatic carbocycles. The van der Waals surface area contributed by atoms with Crippen LogP contribution in [0.5, 0.6) is 0 Å². The highest BCUT2D eigenvalue weighted by atomic mass is 32.2. The lowest BCUT2D eigenvalue weighted by Gasteiger charge is -1.96. The Balaban J connectivity index is 2.51. The maximum Gasteiger partial charge on any atom is 0.167 e. The smallest absolute Gasteiger partial charge is 0.167 e. The van der Waals surface area contributed by atoms with Crippen molar-refractivity contribution in [1.82, 2.24) is 10.2 Å². The van der Waals surface area contributed by atoms with Gasteiger partial charge in [-0.25, -0.2) is 4.21 Å². The lowest BCUT2D eigenvalue weighted by Crippen LogP contribution is -2.01. The maximum absolute atomic E-state index is 10.9. The second-order valence-corrected chi connectivity index (χ2v) is 3.79. The van der Waals surface area contributed by atoms with Crippen LogP contribution in [0.25, 0.3) is 10.9 Å². The number of para-hydroxylation sites is 1. The Kier molecular flexibility index (Phi) is 2.02. The predicted molar refractivity (Wildman–Crippen MR) is 53.8 cm³/mol. The van der Waals surface area contributed by atoms with Crippen molar-refractivity contribution in [3.63, 3.8) is 0 Å². The average Bonchev–Trinajstić information content (AvgIpc) is 2.48. The van der Waals surface area contributed by atoms with Crippen molar-refractivity contribution in [2.24, 2.45) is 0 Å². The zero-order valence-electron chi connectivity index (χ0n) is 7.07. The molecule has 68 valence electrons. The van der Waals surface area contributed by atoms with Gasteiger partial charge < -0.3 is 0 Å². The normalized spacial score (nSPS) is 13.0. The molecule has 4 nitrogen and oxygen atoms in total. The molecule has 0 fully saturated rings. The highest BCUT2D eigenvalue weighted by Gasteiger charge is 2.03. The summed E-state index contributed by atoms with van der Waals surface area (Å²) in [6, 6.07) is 7.69. The first-order chi connectivity index (χ1) is 6.27. The molecule has 2 aromatic rings. The quantitative estimate of drug-likeness (QED) is 0.758. The van der Waals surface area contributed by atoms with Crippen LogP contribution in [0.1, 0.15) is 0 Å². The number of benzene rings is 1. The first-order valence-corrected chi connectivity index (χ1v) is 5.36. The summed E-state index contributed by atoms with van der Waals surface area (Å²) in [5.41, 5.74) is 0.940. The molecule has 0 aliphatic heterocycles. The highest BCUT2D eigenvalue weighted by molar-refractivity contribution is 7.85. The van der Waals surface area contributed by atoms with Crippen LogP contribution in [0.15, 0.2) is 24.3 Å². The molecule has 0 saturated heterocycles. The standard InChI is InChI=1S/C8H9N3OS/c1-13(12)11-8-6-4-2-3-5-7(6)9-10-8/h2-5H,1H3,(H2,9,10,11). The van der Waals surface area contributed by atoms with Gasteiger partial charge in [0.05, 0.1) is 5.52 Å². The average molecular weight is 195 g/mol. The minimum absolute atomic E-state index is 0.636. The number of aromatic nitrogens is 2. The van der Waals surface area contributed by atoms with E-state index in [1.165, 1.54) is 0 Å². The van der Waals surface area contributed by atoms with Crippen LogP contribution in [-0.4, -0.2) is 20.7 Å². The second-order valence-electron chi connectivity index (χ2n) is 2.67. The van der Waals surface area contributed by atoms with Gasteiger partial charge in [-0.15, -0.1) is 0 Å². The second kappa shape index (κ2) is 3.18. The maximum atomic E-state index is 10.9. The Morgan fingerprint density at radius 1 is 1.46 bits per heavy atom. The van der Waals surface area contributed by atoms with E-state index in [2.05, 4.69) is 14.9 Å². The van der Waals surface area contributed by atoms with E-state index in [0.29, 0.717) is 5.82 Å². The van der Waals surface area contributed by atoms with Gasteiger partial charge in [0.1, 0.15) is 11.0 Å². The zero-order chi connectivity index (χ0) is 9.26. The van der Waals surface area contributed by atoms with E-state index < -0.39 is 11.0 Å². The largest absolute Gasteiger partial charge is 0.288 e. The number of nitrogens with one attached hydrogen (secondary N) is 2. The fraction of sp³-hybridized carbons (Fsp3) is 0.125. The summed E-state index contributed by atoms with van der Waals surface area (Å²) >= 11 is 0. The zero-order valence-corrected chi connectivity index (χ0v) is 7.89. The van der Waals surface area contributed by atoms with Gasteiger partial charge in [-0.2, -0.15) is 5.10 Å². The summed E-state index contributed by atoms with van der Waals surface area (Å²) < 4.78 is 13.7. The van der Waals surface area contributed by atoms with Crippen LogP contribution in [0.4, 0.5) is 5.82 Å². The fourth-order valence-electron chi connectivity index (χ4n) is 1.18. The van der Waals surface area contributed by atoms with E-state index in [-0.39, 0.29) is 0 Å². The van der Waals surface area contributed by atoms with E-state index in [0.717, 1.165) is 10.9 Å². The van der Waals surface area contributed by atoms with Crippen LogP contribution in [0.2, 0.25) is 0 Å². The number of anilines is 1. The van der Waals surface area contributed by atoms with Gasteiger partial charge in [-0.1, -0.05) is 12.1 Å². The van der Waals surface area contributed by atoms with Crippen molar-refractivity contribution in [2.75, 3.05) is 11.0 Å². The van der Waals surface area contributed by atoms with Gasteiger partial charge in [0.25, 0.3) is 0 Å². The molecule has 2 N–H and O–H groups in total. The SMILES string of the molecule is CS(=O)Nc1n[nH]c2ccccc12. The predicted octanol–water partition coefficient (Wildman–Crippen LogP) is 1.27. The molecule has 1 aromatic heterocycles. The molecular weight excluding hydrogens is 186 g/mol. The molecule has 0 aliphatic rings. The number of H-pyrrole nitrogens is 1. The van der Waals surface area contributed by atoms with Crippen LogP contribution >= 0.6 is 0 Å². The summed E-state index contributed by atoms with van der Waals surface area (Å²) in [7, 11) is -1.08. The van der Waals surface area contributed by atoms with E-state index >= 15 is 0 Å². The Hall–Kier alpha value is -1.36. The molecule has 0 amide bonds. The lowest BCUT2D eigenvalue weighted by molar-refractivity contribution is 0.689. The summed E-state index contributed by atoms with van der Waals surface area (Å²) in [5.74, 6) is 0.636. The topological polar surface area (TPSA) is 57.8 Å². The van der Waals surface area contributed by atoms with Crippen molar-refractivity contribution in [3.8, 4) is 0 Å². The summed E-state index contributed by atoms with van der Waals surface area (Å²) in [4.78, 5) is 0. The molecule has 1 aromatic carbocycles. The number of hydrogen-bond acceptors (Lipinski definition) is 2. The molecule has 0 saturated carbocycles. The molecule has 5 heteroatoms. The number of rotatable bonds is 2. The van der Waals surface area contributed by atoms with E-state index in [1.807, 2.05) is 24.3 Å². The Morgan fingerprint density at radius 2 is 2.23 bits per heavy atom. The molecule has 2 rings (SSSR count). The summed E-state index contributed by atoms with van der Waals surface area (Å²) in [5, 5.41) is 7.81. The van der Waals surface area contributed by atoms with Crippen molar-refractivity contribution in [2.45, 2.75) is 0 Å². The number of hydrogen-bond donors (Lipinski definition) is 2. The van der Waals surface area contributed by atoms with Gasteiger partial charge in [-0.05, 0) is 12.1 Å². The molecule has 0 radical (unpaired) electrons.